The second kappa shape index (κ2) is 5.87. The number of ether oxygens (including phenoxy) is 6. The number of aliphatic hydroxyl groups is 1. The predicted molar refractivity (Wildman–Crippen MR) is 82.1 cm³/mol. The fourth-order valence-corrected chi connectivity index (χ4v) is 3.91. The van der Waals surface area contributed by atoms with Gasteiger partial charge in [0.05, 0.1) is 24.9 Å². The Labute approximate surface area is 142 Å². The molecule has 0 aliphatic carbocycles. The molecule has 4 aliphatic heterocycles. The van der Waals surface area contributed by atoms with E-state index in [1.54, 1.807) is 0 Å². The average molecular weight is 344 g/mol. The van der Waals surface area contributed by atoms with Gasteiger partial charge >= 0.3 is 0 Å². The average Bonchev–Trinajstić information content (AvgIpc) is 3.11. The quantitative estimate of drug-likeness (QED) is 0.753. The zero-order valence-corrected chi connectivity index (χ0v) is 14.8. The number of aliphatic hydroxyl groups excluding tert-OH is 1. The highest BCUT2D eigenvalue weighted by molar-refractivity contribution is 5.00. The van der Waals surface area contributed by atoms with Gasteiger partial charge in [-0.05, 0) is 40.5 Å². The summed E-state index contributed by atoms with van der Waals surface area (Å²) in [7, 11) is 0. The van der Waals surface area contributed by atoms with E-state index in [0.29, 0.717) is 19.3 Å². The molecule has 0 saturated carbocycles. The highest BCUT2D eigenvalue weighted by Gasteiger charge is 2.60. The van der Waals surface area contributed by atoms with Crippen molar-refractivity contribution in [3.05, 3.63) is 0 Å². The molecule has 24 heavy (non-hydrogen) atoms. The first-order valence-electron chi connectivity index (χ1n) is 8.89. The molecule has 0 radical (unpaired) electrons. The van der Waals surface area contributed by atoms with Crippen LogP contribution in [-0.4, -0.2) is 66.2 Å². The summed E-state index contributed by atoms with van der Waals surface area (Å²) in [5.41, 5.74) is 0. The van der Waals surface area contributed by atoms with Crippen LogP contribution in [0, 0.1) is 0 Å². The van der Waals surface area contributed by atoms with Crippen LogP contribution >= 0.6 is 0 Å². The van der Waals surface area contributed by atoms with Crippen LogP contribution in [0.15, 0.2) is 0 Å². The lowest BCUT2D eigenvalue weighted by Gasteiger charge is -2.37. The van der Waals surface area contributed by atoms with Crippen LogP contribution in [0.5, 0.6) is 0 Å². The lowest BCUT2D eigenvalue weighted by atomic mass is 9.94. The summed E-state index contributed by atoms with van der Waals surface area (Å²) in [5.74, 6) is -1.38. The van der Waals surface area contributed by atoms with Gasteiger partial charge in [0.15, 0.2) is 17.9 Å². The highest BCUT2D eigenvalue weighted by atomic mass is 16.9. The zero-order chi connectivity index (χ0) is 17.1. The van der Waals surface area contributed by atoms with Crippen LogP contribution in [0.25, 0.3) is 0 Å². The van der Waals surface area contributed by atoms with E-state index in [-0.39, 0.29) is 36.6 Å². The largest absolute Gasteiger partial charge is 0.393 e. The van der Waals surface area contributed by atoms with Crippen molar-refractivity contribution in [1.29, 1.82) is 0 Å². The van der Waals surface area contributed by atoms with Gasteiger partial charge in [0, 0.05) is 6.42 Å². The minimum Gasteiger partial charge on any atom is -0.393 e. The smallest absolute Gasteiger partial charge is 0.190 e. The number of fused-ring (bicyclic) bond motifs is 3. The van der Waals surface area contributed by atoms with Crippen molar-refractivity contribution in [2.45, 2.75) is 101 Å². The molecule has 138 valence electrons. The van der Waals surface area contributed by atoms with Crippen LogP contribution < -0.4 is 0 Å². The standard InChI is InChI=1S/C17H28O7/c1-16(2)21-12-11(6-5-9(18)7-10-8-19-10)20-15-14(13(12)22-16)23-17(3,4)24-15/h9-15,18H,5-8H2,1-4H3/t9?,10?,11-,12+,13+,14-,15-/m1/s1. The third-order valence-corrected chi connectivity index (χ3v) is 4.97. The monoisotopic (exact) mass is 344 g/mol. The van der Waals surface area contributed by atoms with Crippen molar-refractivity contribution in [3.63, 3.8) is 0 Å². The Morgan fingerprint density at radius 2 is 1.58 bits per heavy atom. The molecule has 0 aromatic heterocycles. The molecule has 0 aromatic rings. The van der Waals surface area contributed by atoms with E-state index in [9.17, 15) is 5.11 Å². The fourth-order valence-electron chi connectivity index (χ4n) is 3.91. The molecule has 4 heterocycles. The van der Waals surface area contributed by atoms with E-state index in [1.165, 1.54) is 0 Å². The summed E-state index contributed by atoms with van der Waals surface area (Å²) in [6.45, 7) is 8.31. The van der Waals surface area contributed by atoms with E-state index in [2.05, 4.69) is 0 Å². The highest BCUT2D eigenvalue weighted by Crippen LogP contribution is 2.45. The maximum Gasteiger partial charge on any atom is 0.190 e. The molecule has 0 aromatic carbocycles. The third kappa shape index (κ3) is 3.49. The van der Waals surface area contributed by atoms with Crippen molar-refractivity contribution in [1.82, 2.24) is 0 Å². The molecular weight excluding hydrogens is 316 g/mol. The summed E-state index contributed by atoms with van der Waals surface area (Å²) in [4.78, 5) is 0. The van der Waals surface area contributed by atoms with Crippen LogP contribution in [-0.2, 0) is 28.4 Å². The first-order chi connectivity index (χ1) is 11.2. The van der Waals surface area contributed by atoms with Crippen LogP contribution in [0.3, 0.4) is 0 Å². The van der Waals surface area contributed by atoms with Gasteiger partial charge in [0.1, 0.15) is 18.3 Å². The van der Waals surface area contributed by atoms with E-state index >= 15 is 0 Å². The predicted octanol–water partition coefficient (Wildman–Crippen LogP) is 1.31. The van der Waals surface area contributed by atoms with Crippen molar-refractivity contribution in [2.75, 3.05) is 6.61 Å². The van der Waals surface area contributed by atoms with Gasteiger partial charge < -0.3 is 33.5 Å². The first-order valence-corrected chi connectivity index (χ1v) is 8.89. The zero-order valence-electron chi connectivity index (χ0n) is 14.8. The molecule has 1 N–H and O–H groups in total. The molecule has 4 fully saturated rings. The summed E-state index contributed by atoms with van der Waals surface area (Å²) in [5, 5.41) is 10.1. The van der Waals surface area contributed by atoms with Gasteiger partial charge in [-0.1, -0.05) is 0 Å². The van der Waals surface area contributed by atoms with Gasteiger partial charge in [0.2, 0.25) is 0 Å². The number of epoxide rings is 1. The molecule has 2 unspecified atom stereocenters. The molecule has 4 rings (SSSR count). The van der Waals surface area contributed by atoms with Crippen LogP contribution in [0.4, 0.5) is 0 Å². The topological polar surface area (TPSA) is 78.9 Å². The molecule has 0 amide bonds. The van der Waals surface area contributed by atoms with E-state index in [1.807, 2.05) is 27.7 Å². The van der Waals surface area contributed by atoms with Gasteiger partial charge in [0.25, 0.3) is 0 Å². The number of rotatable bonds is 5. The molecule has 7 atom stereocenters. The molecular formula is C17H28O7. The Kier molecular flexibility index (Phi) is 4.20. The SMILES string of the molecule is CC1(C)O[C@H]2[C@@H](O1)[C@@H](CCC(O)CC1CO1)O[C@@H]1OC(C)(C)O[C@@H]12. The number of hydrogen-bond acceptors (Lipinski definition) is 7. The molecule has 4 aliphatic rings. The van der Waals surface area contributed by atoms with Crippen LogP contribution in [0.2, 0.25) is 0 Å². The summed E-state index contributed by atoms with van der Waals surface area (Å²) < 4.78 is 35.3. The van der Waals surface area contributed by atoms with Crippen LogP contribution in [0.1, 0.15) is 47.0 Å². The fraction of sp³-hybridized carbons (Fsp3) is 1.00. The van der Waals surface area contributed by atoms with Gasteiger partial charge in [-0.2, -0.15) is 0 Å². The van der Waals surface area contributed by atoms with Gasteiger partial charge in [-0.25, -0.2) is 0 Å². The Morgan fingerprint density at radius 3 is 2.29 bits per heavy atom. The Morgan fingerprint density at radius 1 is 0.958 bits per heavy atom. The molecule has 7 nitrogen and oxygen atoms in total. The summed E-state index contributed by atoms with van der Waals surface area (Å²) in [6.07, 6.45) is 0.443. The van der Waals surface area contributed by atoms with Gasteiger partial charge in [-0.3, -0.25) is 0 Å². The van der Waals surface area contributed by atoms with E-state index < -0.39 is 17.9 Å². The Hall–Kier alpha value is -0.280. The maximum atomic E-state index is 10.1. The molecule has 4 saturated heterocycles. The lowest BCUT2D eigenvalue weighted by molar-refractivity contribution is -0.235. The van der Waals surface area contributed by atoms with Crippen molar-refractivity contribution in [2.24, 2.45) is 0 Å². The van der Waals surface area contributed by atoms with Crippen molar-refractivity contribution in [3.8, 4) is 0 Å². The minimum atomic E-state index is -0.701. The second-order valence-electron chi connectivity index (χ2n) is 8.13. The molecule has 0 bridgehead atoms. The Balaban J connectivity index is 1.43. The summed E-state index contributed by atoms with van der Waals surface area (Å²) in [6, 6.07) is 0. The van der Waals surface area contributed by atoms with E-state index in [4.69, 9.17) is 28.4 Å². The first kappa shape index (κ1) is 17.1. The second-order valence-corrected chi connectivity index (χ2v) is 8.13. The normalized spacial score (nSPS) is 46.4. The molecule has 7 heteroatoms. The minimum absolute atomic E-state index is 0.190. The van der Waals surface area contributed by atoms with Crippen molar-refractivity contribution >= 4 is 0 Å². The third-order valence-electron chi connectivity index (χ3n) is 4.97. The summed E-state index contributed by atoms with van der Waals surface area (Å²) >= 11 is 0. The van der Waals surface area contributed by atoms with E-state index in [0.717, 1.165) is 6.61 Å². The maximum absolute atomic E-state index is 10.1. The molecule has 0 spiro atoms. The Bertz CT molecular complexity index is 476. The lowest BCUT2D eigenvalue weighted by Crippen LogP contribution is -2.55. The van der Waals surface area contributed by atoms with Crippen molar-refractivity contribution < 1.29 is 33.5 Å². The van der Waals surface area contributed by atoms with Gasteiger partial charge in [-0.15, -0.1) is 0 Å². The number of hydrogen-bond donors (Lipinski definition) is 1.